The second-order valence-electron chi connectivity index (χ2n) is 7.78. The number of aliphatic hydroxyl groups is 1. The quantitative estimate of drug-likeness (QED) is 0.361. The van der Waals surface area contributed by atoms with Crippen molar-refractivity contribution in [3.63, 3.8) is 0 Å². The first kappa shape index (κ1) is 20.3. The van der Waals surface area contributed by atoms with Crippen LogP contribution in [-0.4, -0.2) is 28.4 Å². The van der Waals surface area contributed by atoms with Crippen LogP contribution in [0.1, 0.15) is 28.4 Å². The van der Waals surface area contributed by atoms with Gasteiger partial charge in [-0.25, -0.2) is 0 Å². The van der Waals surface area contributed by atoms with Gasteiger partial charge in [0.1, 0.15) is 17.6 Å². The third-order valence-corrected chi connectivity index (χ3v) is 6.03. The summed E-state index contributed by atoms with van der Waals surface area (Å²) < 4.78 is 5.54. The molecule has 5 rings (SSSR count). The highest BCUT2D eigenvalue weighted by Crippen LogP contribution is 2.43. The van der Waals surface area contributed by atoms with Gasteiger partial charge in [-0.1, -0.05) is 17.7 Å². The Balaban J connectivity index is 1.71. The number of ketones is 1. The van der Waals surface area contributed by atoms with Gasteiger partial charge in [0, 0.05) is 28.9 Å². The topological polar surface area (TPSA) is 79.7 Å². The number of benzene rings is 2. The minimum absolute atomic E-state index is 0.00177. The van der Waals surface area contributed by atoms with E-state index >= 15 is 0 Å². The number of pyridine rings is 1. The minimum Gasteiger partial charge on any atom is -0.507 e. The van der Waals surface area contributed by atoms with Gasteiger partial charge in [0.05, 0.1) is 17.9 Å². The number of rotatable bonds is 3. The second kappa shape index (κ2) is 7.80. The van der Waals surface area contributed by atoms with Crippen LogP contribution in [0, 0.1) is 6.92 Å². The highest BCUT2D eigenvalue weighted by molar-refractivity contribution is 6.51. The van der Waals surface area contributed by atoms with Crippen LogP contribution in [0.4, 0.5) is 5.69 Å². The van der Waals surface area contributed by atoms with Crippen LogP contribution in [0.2, 0.25) is 5.02 Å². The number of nitrogens with zero attached hydrogens (tertiary/aromatic N) is 2. The minimum atomic E-state index is -0.874. The molecule has 2 aliphatic rings. The van der Waals surface area contributed by atoms with E-state index in [0.717, 1.165) is 23.3 Å². The molecular formula is C25H19ClN2O4. The van der Waals surface area contributed by atoms with E-state index in [1.54, 1.807) is 60.8 Å². The van der Waals surface area contributed by atoms with E-state index < -0.39 is 17.7 Å². The number of aromatic nitrogens is 1. The summed E-state index contributed by atoms with van der Waals surface area (Å²) in [6.45, 7) is 2.39. The number of Topliss-reactive ketones (excluding diaryl/α,β-unsaturated/α-hetero) is 1. The van der Waals surface area contributed by atoms with Gasteiger partial charge >= 0.3 is 0 Å². The van der Waals surface area contributed by atoms with Crippen LogP contribution < -0.4 is 9.64 Å². The molecule has 32 heavy (non-hydrogen) atoms. The van der Waals surface area contributed by atoms with Crippen molar-refractivity contribution in [2.24, 2.45) is 0 Å². The maximum absolute atomic E-state index is 13.2. The second-order valence-corrected chi connectivity index (χ2v) is 8.21. The molecular weight excluding hydrogens is 428 g/mol. The number of carbonyl (C=O) groups excluding carboxylic acids is 2. The van der Waals surface area contributed by atoms with Crippen molar-refractivity contribution < 1.29 is 19.4 Å². The lowest BCUT2D eigenvalue weighted by Gasteiger charge is -2.26. The summed E-state index contributed by atoms with van der Waals surface area (Å²) in [5.74, 6) is -0.954. The molecule has 1 fully saturated rings. The fourth-order valence-corrected chi connectivity index (χ4v) is 4.50. The number of aliphatic hydroxyl groups excluding tert-OH is 1. The number of hydrogen-bond acceptors (Lipinski definition) is 5. The summed E-state index contributed by atoms with van der Waals surface area (Å²) in [6.07, 6.45) is 2.31. The van der Waals surface area contributed by atoms with Gasteiger partial charge in [0.25, 0.3) is 11.7 Å². The third kappa shape index (κ3) is 3.24. The zero-order chi connectivity index (χ0) is 22.4. The normalized spacial score (nSPS) is 19.2. The molecule has 6 nitrogen and oxygen atoms in total. The largest absolute Gasteiger partial charge is 0.507 e. The monoisotopic (exact) mass is 446 g/mol. The highest BCUT2D eigenvalue weighted by atomic mass is 35.5. The van der Waals surface area contributed by atoms with E-state index in [4.69, 9.17) is 16.3 Å². The third-order valence-electron chi connectivity index (χ3n) is 5.79. The number of aryl methyl sites for hydroxylation is 1. The number of anilines is 1. The number of halogens is 1. The van der Waals surface area contributed by atoms with E-state index in [0.29, 0.717) is 28.6 Å². The Morgan fingerprint density at radius 2 is 2.00 bits per heavy atom. The Kier molecular flexibility index (Phi) is 4.94. The summed E-state index contributed by atoms with van der Waals surface area (Å²) >= 11 is 6.11. The molecule has 0 saturated carbocycles. The number of ether oxygens (including phenoxy) is 1. The molecule has 0 bridgehead atoms. The van der Waals surface area contributed by atoms with Crippen LogP contribution in [0.15, 0.2) is 66.4 Å². The van der Waals surface area contributed by atoms with Crippen LogP contribution in [0.25, 0.3) is 5.76 Å². The van der Waals surface area contributed by atoms with Crippen LogP contribution in [0.5, 0.6) is 5.75 Å². The molecule has 1 unspecified atom stereocenters. The van der Waals surface area contributed by atoms with Crippen molar-refractivity contribution >= 4 is 34.7 Å². The summed E-state index contributed by atoms with van der Waals surface area (Å²) in [6, 6.07) is 14.8. The molecule has 1 aromatic heterocycles. The number of amides is 1. The van der Waals surface area contributed by atoms with Crippen LogP contribution in [-0.2, 0) is 16.0 Å². The van der Waals surface area contributed by atoms with Crippen LogP contribution in [0.3, 0.4) is 0 Å². The molecule has 0 radical (unpaired) electrons. The smallest absolute Gasteiger partial charge is 0.300 e. The van der Waals surface area contributed by atoms with E-state index in [-0.39, 0.29) is 11.3 Å². The standard InChI is InChI=1S/C25H19ClN2O4/c1-14-12-17(26)6-7-19(14)28-22(18-4-2-3-10-27-18)21(24(30)25(28)31)23(29)16-5-8-20-15(13-16)9-11-32-20/h2-8,10,12-13,22,29H,9,11H2,1H3/b23-21-. The maximum atomic E-state index is 13.2. The fourth-order valence-electron chi connectivity index (χ4n) is 4.28. The first-order valence-electron chi connectivity index (χ1n) is 10.2. The SMILES string of the molecule is Cc1cc(Cl)ccc1N1C(=O)C(=O)/C(=C(\O)c2ccc3c(c2)CCO3)C1c1ccccn1. The molecule has 7 heteroatoms. The van der Waals surface area contributed by atoms with Crippen molar-refractivity contribution in [1.82, 2.24) is 4.98 Å². The molecule has 1 saturated heterocycles. The van der Waals surface area contributed by atoms with E-state index in [1.807, 2.05) is 6.92 Å². The van der Waals surface area contributed by atoms with Gasteiger partial charge in [0.15, 0.2) is 0 Å². The molecule has 3 heterocycles. The molecule has 1 amide bonds. The molecule has 3 aromatic rings. The Bertz CT molecular complexity index is 1290. The number of carbonyl (C=O) groups is 2. The summed E-state index contributed by atoms with van der Waals surface area (Å²) in [5, 5.41) is 11.8. The first-order chi connectivity index (χ1) is 15.5. The molecule has 0 spiro atoms. The van der Waals surface area contributed by atoms with Crippen molar-refractivity contribution in [3.8, 4) is 5.75 Å². The Labute approximate surface area is 189 Å². The predicted octanol–water partition coefficient (Wildman–Crippen LogP) is 4.60. The summed E-state index contributed by atoms with van der Waals surface area (Å²) in [5.41, 5.74) is 3.16. The number of fused-ring (bicyclic) bond motifs is 1. The summed E-state index contributed by atoms with van der Waals surface area (Å²) in [7, 11) is 0. The van der Waals surface area contributed by atoms with E-state index in [1.165, 1.54) is 4.90 Å². The number of hydrogen-bond donors (Lipinski definition) is 1. The Hall–Kier alpha value is -3.64. The van der Waals surface area contributed by atoms with Gasteiger partial charge in [-0.2, -0.15) is 0 Å². The molecule has 1 N–H and O–H groups in total. The lowest BCUT2D eigenvalue weighted by Crippen LogP contribution is -2.30. The molecule has 0 aliphatic carbocycles. The molecule has 2 aromatic carbocycles. The van der Waals surface area contributed by atoms with Gasteiger partial charge in [-0.3, -0.25) is 19.5 Å². The van der Waals surface area contributed by atoms with Gasteiger partial charge in [-0.15, -0.1) is 0 Å². The van der Waals surface area contributed by atoms with Crippen molar-refractivity contribution in [3.05, 3.63) is 93.8 Å². The Morgan fingerprint density at radius 1 is 1.16 bits per heavy atom. The zero-order valence-electron chi connectivity index (χ0n) is 17.2. The first-order valence-corrected chi connectivity index (χ1v) is 10.6. The molecule has 1 atom stereocenters. The van der Waals surface area contributed by atoms with Gasteiger partial charge in [0.2, 0.25) is 0 Å². The molecule has 160 valence electrons. The van der Waals surface area contributed by atoms with Crippen LogP contribution >= 0.6 is 11.6 Å². The Morgan fingerprint density at radius 3 is 2.75 bits per heavy atom. The lowest BCUT2D eigenvalue weighted by atomic mass is 9.97. The van der Waals surface area contributed by atoms with E-state index in [2.05, 4.69) is 4.98 Å². The fraction of sp³-hybridized carbons (Fsp3) is 0.160. The molecule has 2 aliphatic heterocycles. The zero-order valence-corrected chi connectivity index (χ0v) is 18.0. The summed E-state index contributed by atoms with van der Waals surface area (Å²) in [4.78, 5) is 32.2. The van der Waals surface area contributed by atoms with E-state index in [9.17, 15) is 14.7 Å². The average Bonchev–Trinajstić information content (AvgIpc) is 3.36. The highest BCUT2D eigenvalue weighted by Gasteiger charge is 2.48. The lowest BCUT2D eigenvalue weighted by molar-refractivity contribution is -0.132. The predicted molar refractivity (Wildman–Crippen MR) is 121 cm³/mol. The van der Waals surface area contributed by atoms with Crippen molar-refractivity contribution in [1.29, 1.82) is 0 Å². The maximum Gasteiger partial charge on any atom is 0.300 e. The van der Waals surface area contributed by atoms with Gasteiger partial charge in [-0.05, 0) is 66.6 Å². The average molecular weight is 447 g/mol. The van der Waals surface area contributed by atoms with Crippen molar-refractivity contribution in [2.45, 2.75) is 19.4 Å². The van der Waals surface area contributed by atoms with Gasteiger partial charge < -0.3 is 9.84 Å². The van der Waals surface area contributed by atoms with Crippen molar-refractivity contribution in [2.75, 3.05) is 11.5 Å².